The maximum Gasteiger partial charge on any atom is 0.417 e. The average Bonchev–Trinajstić information content (AvgIpc) is 1.51. The summed E-state index contributed by atoms with van der Waals surface area (Å²) in [5.41, 5.74) is 1.55. The van der Waals surface area contributed by atoms with Crippen molar-refractivity contribution in [3.05, 3.63) is 191 Å². The summed E-state index contributed by atoms with van der Waals surface area (Å²) < 4.78 is 90.5. The number of sulfonamides is 1. The van der Waals surface area contributed by atoms with Gasteiger partial charge in [0, 0.05) is 44.7 Å². The number of hydrogen-bond acceptors (Lipinski definition) is 23. The van der Waals surface area contributed by atoms with Crippen LogP contribution in [0.15, 0.2) is 128 Å². The highest BCUT2D eigenvalue weighted by molar-refractivity contribution is 7.89. The Kier molecular flexibility index (Phi) is 30.0. The Balaban J connectivity index is 0.000000198. The maximum atomic E-state index is 13.3. The summed E-state index contributed by atoms with van der Waals surface area (Å²) in [4.78, 5) is 99.7. The second kappa shape index (κ2) is 39.9. The molecule has 39 heteroatoms. The summed E-state index contributed by atoms with van der Waals surface area (Å²) in [7, 11) is 4.12. The van der Waals surface area contributed by atoms with Crippen molar-refractivity contribution in [1.82, 2.24) is 64.0 Å². The van der Waals surface area contributed by atoms with E-state index < -0.39 is 74.0 Å². The summed E-state index contributed by atoms with van der Waals surface area (Å²) in [5.74, 6) is -0.329. The Bertz CT molecular complexity index is 6350. The molecule has 0 bridgehead atoms. The van der Waals surface area contributed by atoms with Gasteiger partial charge in [0.1, 0.15) is 62.5 Å². The molecule has 12 rings (SSSR count). The summed E-state index contributed by atoms with van der Waals surface area (Å²) in [6, 6.07) is 32.5. The molecule has 0 aliphatic heterocycles. The van der Waals surface area contributed by atoms with Crippen molar-refractivity contribution >= 4 is 103 Å². The van der Waals surface area contributed by atoms with Crippen molar-refractivity contribution in [2.45, 2.75) is 155 Å². The Morgan fingerprint density at radius 2 is 0.817 bits per heavy atom. The summed E-state index contributed by atoms with van der Waals surface area (Å²) in [6.07, 6.45) is -0.440. The number of fused-ring (bicyclic) bond motifs is 3. The molecule has 126 heavy (non-hydrogen) atoms. The van der Waals surface area contributed by atoms with Crippen molar-refractivity contribution < 1.29 is 65.5 Å². The smallest absolute Gasteiger partial charge is 0.417 e. The minimum Gasteiger partial charge on any atom is -0.493 e. The van der Waals surface area contributed by atoms with Gasteiger partial charge in [0.2, 0.25) is 10.0 Å². The number of nitrogens with zero attached hydrogens (tertiary/aromatic N) is 12. The third-order valence-corrected chi connectivity index (χ3v) is 21.5. The van der Waals surface area contributed by atoms with Crippen molar-refractivity contribution in [2.75, 3.05) is 42.3 Å². The molecule has 0 unspecified atom stereocenters. The average molecular weight is 1740 g/mol. The molecule has 12 aromatic rings. The number of aromatic amines is 3. The molecule has 0 aliphatic rings. The lowest BCUT2D eigenvalue weighted by atomic mass is 9.62. The molecule has 0 fully saturated rings. The Hall–Kier alpha value is -13.6. The van der Waals surface area contributed by atoms with Gasteiger partial charge in [-0.3, -0.25) is 42.8 Å². The molecule has 10 N–H and O–H groups in total. The molecule has 0 aliphatic carbocycles. The number of hydrogen-bond donors (Lipinski definition) is 10. The summed E-state index contributed by atoms with van der Waals surface area (Å²) >= 11 is 0. The molecule has 33 nitrogen and oxygen atoms in total. The molecule has 6 aromatic heterocycles. The van der Waals surface area contributed by atoms with Crippen LogP contribution < -0.4 is 62.5 Å². The number of carbonyl (C=O) groups is 3. The first-order valence-electron chi connectivity index (χ1n) is 40.3. The minimum absolute atomic E-state index is 0.0216. The van der Waals surface area contributed by atoms with Crippen LogP contribution in [0.2, 0.25) is 12.6 Å². The van der Waals surface area contributed by atoms with Crippen LogP contribution in [0.4, 0.5) is 30.2 Å². The standard InChI is InChI=1S/2C29H32BN6O4.C29H30F3N7O6S/c2*1-6-8-22-24-25(36(5)35-22)27(37)34-26(33-24)21-14-19(10-12-23(21)40-7-2)30-16-29(4,39)28(38)32-20-11-9-18(15-31)17(3)13-20;1-5-7-21-23-24(39(4)38-21)26(40)37-25(36-23)19-13-18(10-11-22(19)45-6-2)46(43,44)34-15-28(3,42)27(41)35-17-9-8-16(14-33)20(12-17)29(30,31)32/h2*9-14,39H,6-8,16H2,1-5H3,(H,32,38)(H,33,34,37);8-13,34,42H,5-7,15H2,1-4H3,(H,35,41)(H,36,37,40)/t2*29-;28-/m001/s1. The number of alkyl halides is 3. The fourth-order valence-electron chi connectivity index (χ4n) is 13.5. The number of aromatic nitrogens is 12. The molecular formula is C87H94B2F3N19O14S. The van der Waals surface area contributed by atoms with Gasteiger partial charge in [0.15, 0.2) is 36.7 Å². The zero-order valence-electron chi connectivity index (χ0n) is 71.8. The predicted octanol–water partition coefficient (Wildman–Crippen LogP) is 9.22. The number of H-pyrrole nitrogens is 3. The number of benzene rings is 6. The van der Waals surface area contributed by atoms with E-state index in [0.717, 1.165) is 60.8 Å². The molecule has 2 radical (unpaired) electrons. The molecule has 6 heterocycles. The van der Waals surface area contributed by atoms with E-state index in [1.54, 1.807) is 114 Å². The first-order valence-corrected chi connectivity index (χ1v) is 41.8. The number of rotatable bonds is 31. The SMILES string of the molecule is CCCc1nn(C)c2c(=O)[nH]c(-c3cc(S(=O)(=O)NC[C@@](C)(O)C(=O)Nc4ccc(C#N)c(C(F)(F)F)c4)ccc3OCC)nc12.CCCc1nn(C)c2c(=O)[nH]c(-c3cc([B]C[C@](C)(O)C(=O)Nc4ccc(C#N)c(C)c4)ccc3OCC)nc12.CCCc1nn(C)c2c(=O)[nH]c(-c3cc([B]C[C@](C)(O)C(=O)Nc4ccc(C#N)c(C)c4)ccc3OCC)nc12. The van der Waals surface area contributed by atoms with Crippen molar-refractivity contribution in [1.29, 1.82) is 15.8 Å². The summed E-state index contributed by atoms with van der Waals surface area (Å²) in [6.45, 7) is 19.1. The van der Waals surface area contributed by atoms with Crippen LogP contribution >= 0.6 is 0 Å². The van der Waals surface area contributed by atoms with E-state index >= 15 is 0 Å². The highest BCUT2D eigenvalue weighted by Crippen LogP contribution is 2.37. The van der Waals surface area contributed by atoms with Crippen LogP contribution in [-0.2, 0) is 71.0 Å². The number of aryl methyl sites for hydroxylation is 8. The first-order chi connectivity index (χ1) is 59.7. The highest BCUT2D eigenvalue weighted by atomic mass is 32.2. The van der Waals surface area contributed by atoms with Gasteiger partial charge in [-0.25, -0.2) is 28.1 Å². The lowest BCUT2D eigenvalue weighted by molar-refractivity contribution is -0.138. The first kappa shape index (κ1) is 94.6. The molecule has 6 aromatic carbocycles. The van der Waals surface area contributed by atoms with E-state index in [0.29, 0.717) is 140 Å². The maximum absolute atomic E-state index is 13.3. The number of halogens is 3. The van der Waals surface area contributed by atoms with E-state index in [1.807, 2.05) is 58.9 Å². The number of amides is 3. The molecular weight excluding hydrogens is 1650 g/mol. The van der Waals surface area contributed by atoms with Crippen LogP contribution in [0.3, 0.4) is 0 Å². The van der Waals surface area contributed by atoms with Gasteiger partial charge in [-0.05, 0) is 183 Å². The van der Waals surface area contributed by atoms with Gasteiger partial charge in [-0.15, -0.1) is 0 Å². The third-order valence-electron chi connectivity index (χ3n) is 20.1. The second-order valence-electron chi connectivity index (χ2n) is 30.2. The minimum atomic E-state index is -4.88. The van der Waals surface area contributed by atoms with Gasteiger partial charge in [-0.2, -0.15) is 44.3 Å². The van der Waals surface area contributed by atoms with Gasteiger partial charge >= 0.3 is 6.18 Å². The number of aliphatic hydroxyl groups is 3. The Morgan fingerprint density at radius 1 is 0.484 bits per heavy atom. The highest BCUT2D eigenvalue weighted by Gasteiger charge is 2.38. The van der Waals surface area contributed by atoms with Gasteiger partial charge in [-0.1, -0.05) is 75.2 Å². The van der Waals surface area contributed by atoms with E-state index in [9.17, 15) is 65.7 Å². The largest absolute Gasteiger partial charge is 0.493 e. The van der Waals surface area contributed by atoms with Crippen molar-refractivity contribution in [3.8, 4) is 69.6 Å². The van der Waals surface area contributed by atoms with E-state index in [2.05, 4.69) is 68.0 Å². The Labute approximate surface area is 724 Å². The van der Waals surface area contributed by atoms with E-state index in [-0.39, 0.29) is 63.6 Å². The molecule has 654 valence electrons. The molecule has 3 atom stereocenters. The second-order valence-corrected chi connectivity index (χ2v) is 32.0. The molecule has 3 amide bonds. The fourth-order valence-corrected chi connectivity index (χ4v) is 14.6. The van der Waals surface area contributed by atoms with Gasteiger partial charge < -0.3 is 60.4 Å². The normalized spacial score (nSPS) is 12.8. The van der Waals surface area contributed by atoms with E-state index in [4.69, 9.17) is 40.0 Å². The number of ether oxygens (including phenoxy) is 3. The van der Waals surface area contributed by atoms with Crippen LogP contribution in [0.1, 0.15) is 132 Å². The quantitative estimate of drug-likeness (QED) is 0.0181. The number of nitrogens with one attached hydrogen (secondary N) is 7. The Morgan fingerprint density at radius 3 is 1.15 bits per heavy atom. The predicted molar refractivity (Wildman–Crippen MR) is 470 cm³/mol. The zero-order chi connectivity index (χ0) is 92.1. The zero-order valence-corrected chi connectivity index (χ0v) is 72.6. The van der Waals surface area contributed by atoms with Gasteiger partial charge in [0.25, 0.3) is 34.4 Å². The third kappa shape index (κ3) is 21.9. The van der Waals surface area contributed by atoms with Crippen molar-refractivity contribution in [2.24, 2.45) is 21.1 Å². The number of nitriles is 3. The van der Waals surface area contributed by atoms with Crippen LogP contribution in [-0.4, -0.2) is 158 Å². The fraction of sp³-hybridized carbons (Fsp3) is 0.345. The lowest BCUT2D eigenvalue weighted by Gasteiger charge is -2.23. The van der Waals surface area contributed by atoms with Crippen LogP contribution in [0, 0.1) is 47.8 Å². The molecule has 0 saturated heterocycles. The molecule has 0 saturated carbocycles. The van der Waals surface area contributed by atoms with Crippen LogP contribution in [0.25, 0.3) is 67.3 Å². The molecule has 0 spiro atoms. The van der Waals surface area contributed by atoms with E-state index in [1.165, 1.54) is 42.8 Å². The summed E-state index contributed by atoms with van der Waals surface area (Å²) in [5, 5.41) is 80.7. The van der Waals surface area contributed by atoms with Crippen LogP contribution in [0.5, 0.6) is 17.2 Å². The van der Waals surface area contributed by atoms with Gasteiger partial charge in [0.05, 0.1) is 98.9 Å². The van der Waals surface area contributed by atoms with Crippen molar-refractivity contribution in [3.63, 3.8) is 0 Å². The lowest BCUT2D eigenvalue weighted by Crippen LogP contribution is -2.49. The monoisotopic (exact) mass is 1740 g/mol. The number of carbonyl (C=O) groups excluding carboxylic acids is 3. The topological polar surface area (TPSA) is 484 Å². The number of anilines is 3.